The monoisotopic (exact) mass is 497 g/mol. The quantitative estimate of drug-likeness (QED) is 0.391. The number of carbonyl (C=O) groups excluding carboxylic acids is 2. The van der Waals surface area contributed by atoms with E-state index in [4.69, 9.17) is 4.74 Å². The normalized spacial score (nSPS) is 12.0. The first kappa shape index (κ1) is 25.6. The molecule has 0 fully saturated rings. The largest absolute Gasteiger partial charge is 0.493 e. The Bertz CT molecular complexity index is 1260. The molecule has 35 heavy (non-hydrogen) atoms. The number of nitrogens with one attached hydrogen (secondary N) is 3. The van der Waals surface area contributed by atoms with Crippen LogP contribution in [0.5, 0.6) is 5.75 Å². The van der Waals surface area contributed by atoms with Crippen molar-refractivity contribution in [2.45, 2.75) is 31.7 Å². The summed E-state index contributed by atoms with van der Waals surface area (Å²) < 4.78 is 32.8. The van der Waals surface area contributed by atoms with Gasteiger partial charge in [0.2, 0.25) is 11.9 Å². The maximum Gasteiger partial charge on any atom is 0.264 e. The Morgan fingerprint density at radius 3 is 2.26 bits per heavy atom. The molecule has 0 radical (unpaired) electrons. The minimum absolute atomic E-state index is 0.0239. The van der Waals surface area contributed by atoms with Crippen LogP contribution in [0.2, 0.25) is 0 Å². The number of hydrogen-bond donors (Lipinski definition) is 3. The van der Waals surface area contributed by atoms with E-state index >= 15 is 0 Å². The third-order valence-electron chi connectivity index (χ3n) is 4.89. The lowest BCUT2D eigenvalue weighted by Crippen LogP contribution is -2.47. The van der Waals surface area contributed by atoms with Gasteiger partial charge in [-0.15, -0.1) is 0 Å². The molecule has 11 heteroatoms. The number of nitrogens with zero attached hydrogens (tertiary/aromatic N) is 2. The molecule has 1 heterocycles. The van der Waals surface area contributed by atoms with Gasteiger partial charge in [-0.1, -0.05) is 26.0 Å². The fourth-order valence-corrected chi connectivity index (χ4v) is 4.12. The minimum Gasteiger partial charge on any atom is -0.493 e. The van der Waals surface area contributed by atoms with Gasteiger partial charge in [0.05, 0.1) is 17.1 Å². The Morgan fingerprint density at radius 1 is 0.971 bits per heavy atom. The molecule has 3 aromatic rings. The zero-order valence-electron chi connectivity index (χ0n) is 19.6. The Balaban J connectivity index is 1.69. The first-order chi connectivity index (χ1) is 16.7. The predicted octanol–water partition coefficient (Wildman–Crippen LogP) is 3.07. The highest BCUT2D eigenvalue weighted by molar-refractivity contribution is 7.92. The number of hydrogen-bond acceptors (Lipinski definition) is 7. The third-order valence-corrected chi connectivity index (χ3v) is 6.23. The van der Waals surface area contributed by atoms with E-state index in [1.807, 2.05) is 20.8 Å². The molecule has 3 N–H and O–H groups in total. The number of anilines is 2. The average Bonchev–Trinajstić information content (AvgIpc) is 2.83. The summed E-state index contributed by atoms with van der Waals surface area (Å²) >= 11 is 0. The second kappa shape index (κ2) is 11.4. The van der Waals surface area contributed by atoms with E-state index in [0.29, 0.717) is 23.6 Å². The molecule has 0 aliphatic heterocycles. The van der Waals surface area contributed by atoms with Gasteiger partial charge in [-0.25, -0.2) is 23.1 Å². The lowest BCUT2D eigenvalue weighted by molar-refractivity contribution is -0.118. The number of amides is 2. The summed E-state index contributed by atoms with van der Waals surface area (Å²) in [5.41, 5.74) is 0.705. The van der Waals surface area contributed by atoms with Gasteiger partial charge < -0.3 is 15.4 Å². The molecule has 3 rings (SSSR count). The van der Waals surface area contributed by atoms with Crippen LogP contribution in [0.4, 0.5) is 11.6 Å². The van der Waals surface area contributed by atoms with Crippen LogP contribution in [0.1, 0.15) is 31.1 Å². The number of carbonyl (C=O) groups is 2. The number of rotatable bonds is 10. The van der Waals surface area contributed by atoms with Crippen molar-refractivity contribution >= 4 is 33.5 Å². The van der Waals surface area contributed by atoms with E-state index < -0.39 is 27.9 Å². The van der Waals surface area contributed by atoms with Gasteiger partial charge >= 0.3 is 0 Å². The molecule has 0 unspecified atom stereocenters. The Labute approximate surface area is 204 Å². The van der Waals surface area contributed by atoms with E-state index in [-0.39, 0.29) is 16.8 Å². The van der Waals surface area contributed by atoms with Crippen LogP contribution in [0.25, 0.3) is 0 Å². The summed E-state index contributed by atoms with van der Waals surface area (Å²) in [5.74, 6) is -0.701. The molecule has 0 saturated heterocycles. The summed E-state index contributed by atoms with van der Waals surface area (Å²) in [5, 5.41) is 5.49. The molecule has 0 aliphatic rings. The predicted molar refractivity (Wildman–Crippen MR) is 132 cm³/mol. The van der Waals surface area contributed by atoms with Crippen molar-refractivity contribution in [2.24, 2.45) is 5.92 Å². The van der Waals surface area contributed by atoms with Crippen LogP contribution in [-0.4, -0.2) is 42.8 Å². The van der Waals surface area contributed by atoms with Crippen LogP contribution >= 0.6 is 0 Å². The minimum atomic E-state index is -3.90. The first-order valence-corrected chi connectivity index (χ1v) is 12.4. The summed E-state index contributed by atoms with van der Waals surface area (Å²) in [4.78, 5) is 33.5. The van der Waals surface area contributed by atoms with Crippen molar-refractivity contribution in [3.8, 4) is 5.75 Å². The smallest absolute Gasteiger partial charge is 0.264 e. The van der Waals surface area contributed by atoms with Crippen LogP contribution in [-0.2, 0) is 14.8 Å². The molecule has 1 aromatic heterocycles. The Kier molecular flexibility index (Phi) is 8.37. The fraction of sp³-hybridized carbons (Fsp3) is 0.250. The SMILES string of the molecule is CCOc1ccccc1C(=O)N[C@H](C(=O)Nc1ccc(S(=O)(=O)Nc2ncccn2)cc1)C(C)C. The van der Waals surface area contributed by atoms with E-state index in [1.54, 1.807) is 30.3 Å². The highest BCUT2D eigenvalue weighted by Crippen LogP contribution is 2.20. The highest BCUT2D eigenvalue weighted by atomic mass is 32.2. The number of benzene rings is 2. The van der Waals surface area contributed by atoms with Gasteiger partial charge in [0.1, 0.15) is 11.8 Å². The summed E-state index contributed by atoms with van der Waals surface area (Å²) in [6.07, 6.45) is 2.84. The number of para-hydroxylation sites is 1. The molecule has 0 aliphatic carbocycles. The average molecular weight is 498 g/mol. The number of sulfonamides is 1. The molecule has 0 saturated carbocycles. The van der Waals surface area contributed by atoms with E-state index in [9.17, 15) is 18.0 Å². The molecule has 184 valence electrons. The topological polar surface area (TPSA) is 139 Å². The summed E-state index contributed by atoms with van der Waals surface area (Å²) in [7, 11) is -3.90. The highest BCUT2D eigenvalue weighted by Gasteiger charge is 2.26. The van der Waals surface area contributed by atoms with Crippen molar-refractivity contribution in [1.82, 2.24) is 15.3 Å². The van der Waals surface area contributed by atoms with Crippen LogP contribution in [0.15, 0.2) is 71.9 Å². The van der Waals surface area contributed by atoms with Crippen molar-refractivity contribution in [3.63, 3.8) is 0 Å². The molecule has 10 nitrogen and oxygen atoms in total. The Morgan fingerprint density at radius 2 is 1.63 bits per heavy atom. The van der Waals surface area contributed by atoms with Gasteiger partial charge in [-0.2, -0.15) is 0 Å². The molecule has 2 amide bonds. The van der Waals surface area contributed by atoms with Gasteiger partial charge in [0.15, 0.2) is 0 Å². The molecular weight excluding hydrogens is 470 g/mol. The van der Waals surface area contributed by atoms with Crippen LogP contribution in [0.3, 0.4) is 0 Å². The van der Waals surface area contributed by atoms with Gasteiger partial charge in [0.25, 0.3) is 15.9 Å². The van der Waals surface area contributed by atoms with E-state index in [0.717, 1.165) is 0 Å². The van der Waals surface area contributed by atoms with Crippen LogP contribution in [0, 0.1) is 5.92 Å². The maximum absolute atomic E-state index is 13.0. The maximum atomic E-state index is 13.0. The standard InChI is InChI=1S/C24H27N5O5S/c1-4-34-20-9-6-5-8-19(20)22(30)28-21(16(2)3)23(31)27-17-10-12-18(13-11-17)35(32,33)29-24-25-14-7-15-26-24/h5-16,21H,4H2,1-3H3,(H,27,31)(H,28,30)(H,25,26,29)/t21-/m0/s1. The van der Waals surface area contributed by atoms with Crippen LogP contribution < -0.4 is 20.1 Å². The zero-order valence-corrected chi connectivity index (χ0v) is 20.4. The number of ether oxygens (including phenoxy) is 1. The molecule has 0 spiro atoms. The summed E-state index contributed by atoms with van der Waals surface area (Å²) in [6.45, 7) is 5.84. The molecular formula is C24H27N5O5S. The first-order valence-electron chi connectivity index (χ1n) is 10.9. The number of aromatic nitrogens is 2. The Hall–Kier alpha value is -3.99. The second-order valence-electron chi connectivity index (χ2n) is 7.82. The molecule has 2 aromatic carbocycles. The third kappa shape index (κ3) is 6.76. The fourth-order valence-electron chi connectivity index (χ4n) is 3.16. The van der Waals surface area contributed by atoms with Crippen molar-refractivity contribution in [2.75, 3.05) is 16.6 Å². The van der Waals surface area contributed by atoms with E-state index in [1.165, 1.54) is 36.7 Å². The zero-order chi connectivity index (χ0) is 25.4. The lowest BCUT2D eigenvalue weighted by atomic mass is 10.0. The molecule has 0 bridgehead atoms. The van der Waals surface area contributed by atoms with Crippen molar-refractivity contribution < 1.29 is 22.7 Å². The summed E-state index contributed by atoms with van der Waals surface area (Å²) in [6, 6.07) is 13.2. The van der Waals surface area contributed by atoms with Gasteiger partial charge in [0, 0.05) is 18.1 Å². The van der Waals surface area contributed by atoms with Gasteiger partial charge in [-0.3, -0.25) is 9.59 Å². The molecule has 1 atom stereocenters. The van der Waals surface area contributed by atoms with Crippen molar-refractivity contribution in [3.05, 3.63) is 72.6 Å². The van der Waals surface area contributed by atoms with Gasteiger partial charge in [-0.05, 0) is 55.3 Å². The van der Waals surface area contributed by atoms with E-state index in [2.05, 4.69) is 25.3 Å². The lowest BCUT2D eigenvalue weighted by Gasteiger charge is -2.22. The second-order valence-corrected chi connectivity index (χ2v) is 9.50. The van der Waals surface area contributed by atoms with Crippen molar-refractivity contribution in [1.29, 1.82) is 0 Å².